The number of methoxy groups -OCH3 is 1. The van der Waals surface area contributed by atoms with Gasteiger partial charge in [-0.25, -0.2) is 0 Å². The van der Waals surface area contributed by atoms with E-state index in [1.807, 2.05) is 25.1 Å². The number of hydrogen-bond donors (Lipinski definition) is 2. The number of rotatable bonds is 7. The number of hydrogen-bond acceptors (Lipinski definition) is 3. The molecule has 0 aromatic heterocycles. The van der Waals surface area contributed by atoms with Crippen LogP contribution >= 0.6 is 0 Å². The average Bonchev–Trinajstić information content (AvgIpc) is 2.51. The average molecular weight is 321 g/mol. The normalized spacial score (nSPS) is 13.6. The predicted octanol–water partition coefficient (Wildman–Crippen LogP) is 2.81. The maximum atomic E-state index is 5.64. The molecule has 0 aliphatic rings. The molecule has 23 heavy (non-hydrogen) atoms. The van der Waals surface area contributed by atoms with Crippen molar-refractivity contribution in [3.63, 3.8) is 0 Å². The van der Waals surface area contributed by atoms with Gasteiger partial charge in [0.15, 0.2) is 5.96 Å². The highest BCUT2D eigenvalue weighted by molar-refractivity contribution is 5.79. The fourth-order valence-corrected chi connectivity index (χ4v) is 2.28. The van der Waals surface area contributed by atoms with Crippen LogP contribution in [0.2, 0.25) is 0 Å². The van der Waals surface area contributed by atoms with Crippen molar-refractivity contribution >= 4 is 5.96 Å². The van der Waals surface area contributed by atoms with Crippen molar-refractivity contribution in [2.75, 3.05) is 27.3 Å². The Morgan fingerprint density at radius 1 is 1.22 bits per heavy atom. The molecule has 1 aromatic rings. The first-order chi connectivity index (χ1) is 10.9. The first kappa shape index (κ1) is 19.3. The maximum Gasteiger partial charge on any atom is 0.191 e. The van der Waals surface area contributed by atoms with Crippen LogP contribution in [0.15, 0.2) is 29.3 Å². The summed E-state index contributed by atoms with van der Waals surface area (Å²) in [6.07, 6.45) is 0.108. The van der Waals surface area contributed by atoms with E-state index in [1.165, 1.54) is 0 Å². The maximum absolute atomic E-state index is 5.64. The third-order valence-electron chi connectivity index (χ3n) is 3.65. The SMILES string of the molecule is CCOc1ccccc1CNC(=NC)NCC(OC)C(C)(C)C. The third kappa shape index (κ3) is 6.48. The second-order valence-electron chi connectivity index (χ2n) is 6.44. The summed E-state index contributed by atoms with van der Waals surface area (Å²) in [7, 11) is 3.51. The van der Waals surface area contributed by atoms with Crippen LogP contribution in [0.25, 0.3) is 0 Å². The molecule has 130 valence electrons. The van der Waals surface area contributed by atoms with Crippen molar-refractivity contribution in [1.29, 1.82) is 0 Å². The molecule has 0 heterocycles. The van der Waals surface area contributed by atoms with Crippen molar-refractivity contribution in [3.05, 3.63) is 29.8 Å². The first-order valence-corrected chi connectivity index (χ1v) is 8.10. The van der Waals surface area contributed by atoms with Crippen LogP contribution in [0, 0.1) is 5.41 Å². The monoisotopic (exact) mass is 321 g/mol. The molecule has 2 N–H and O–H groups in total. The smallest absolute Gasteiger partial charge is 0.191 e. The van der Waals surface area contributed by atoms with Crippen molar-refractivity contribution < 1.29 is 9.47 Å². The topological polar surface area (TPSA) is 54.9 Å². The lowest BCUT2D eigenvalue weighted by atomic mass is 9.89. The summed E-state index contributed by atoms with van der Waals surface area (Å²) in [5, 5.41) is 6.64. The van der Waals surface area contributed by atoms with E-state index in [0.717, 1.165) is 17.3 Å². The third-order valence-corrected chi connectivity index (χ3v) is 3.65. The van der Waals surface area contributed by atoms with Gasteiger partial charge >= 0.3 is 0 Å². The Bertz CT molecular complexity index is 495. The Morgan fingerprint density at radius 2 is 1.91 bits per heavy atom. The summed E-state index contributed by atoms with van der Waals surface area (Å²) >= 11 is 0. The van der Waals surface area contributed by atoms with Gasteiger partial charge in [0.25, 0.3) is 0 Å². The summed E-state index contributed by atoms with van der Waals surface area (Å²) in [5.41, 5.74) is 1.18. The molecule has 0 radical (unpaired) electrons. The van der Waals surface area contributed by atoms with Gasteiger partial charge in [-0.05, 0) is 18.4 Å². The summed E-state index contributed by atoms with van der Waals surface area (Å²) in [6.45, 7) is 10.5. The molecular formula is C18H31N3O2. The van der Waals surface area contributed by atoms with Crippen LogP contribution in [0.4, 0.5) is 0 Å². The van der Waals surface area contributed by atoms with Crippen LogP contribution in [-0.4, -0.2) is 39.4 Å². The quantitative estimate of drug-likeness (QED) is 0.599. The fourth-order valence-electron chi connectivity index (χ4n) is 2.28. The lowest BCUT2D eigenvalue weighted by molar-refractivity contribution is 0.0205. The molecule has 5 heteroatoms. The molecule has 0 aliphatic carbocycles. The van der Waals surface area contributed by atoms with Gasteiger partial charge in [0.05, 0.1) is 12.7 Å². The molecular weight excluding hydrogens is 290 g/mol. The van der Waals surface area contributed by atoms with Crippen LogP contribution in [0.3, 0.4) is 0 Å². The lowest BCUT2D eigenvalue weighted by Gasteiger charge is -2.30. The Balaban J connectivity index is 2.58. The molecule has 1 unspecified atom stereocenters. The van der Waals surface area contributed by atoms with Gasteiger partial charge in [0.1, 0.15) is 5.75 Å². The number of aliphatic imine (C=N–C) groups is 1. The summed E-state index contributed by atoms with van der Waals surface area (Å²) < 4.78 is 11.2. The minimum Gasteiger partial charge on any atom is -0.494 e. The standard InChI is InChI=1S/C18H31N3O2/c1-7-23-15-11-9-8-10-14(15)12-20-17(19-5)21-13-16(22-6)18(2,3)4/h8-11,16H,7,12-13H2,1-6H3,(H2,19,20,21). The first-order valence-electron chi connectivity index (χ1n) is 8.10. The number of nitrogens with zero attached hydrogens (tertiary/aromatic N) is 1. The van der Waals surface area contributed by atoms with Crippen molar-refractivity contribution in [3.8, 4) is 5.75 Å². The number of ether oxygens (including phenoxy) is 2. The van der Waals surface area contributed by atoms with E-state index in [0.29, 0.717) is 19.7 Å². The lowest BCUT2D eigenvalue weighted by Crippen LogP contribution is -2.45. The molecule has 0 aliphatic heterocycles. The van der Waals surface area contributed by atoms with Gasteiger partial charge in [0.2, 0.25) is 0 Å². The molecule has 5 nitrogen and oxygen atoms in total. The largest absolute Gasteiger partial charge is 0.494 e. The zero-order valence-electron chi connectivity index (χ0n) is 15.3. The second-order valence-corrected chi connectivity index (χ2v) is 6.44. The van der Waals surface area contributed by atoms with Crippen molar-refractivity contribution in [1.82, 2.24) is 10.6 Å². The molecule has 1 rings (SSSR count). The predicted molar refractivity (Wildman–Crippen MR) is 96.1 cm³/mol. The van der Waals surface area contributed by atoms with Crippen LogP contribution in [0.1, 0.15) is 33.3 Å². The summed E-state index contributed by atoms with van der Waals surface area (Å²) in [5.74, 6) is 1.66. The molecule has 0 bridgehead atoms. The Kier molecular flexibility index (Phi) is 7.89. The minimum atomic E-state index is 0.0716. The van der Waals surface area contributed by atoms with Gasteiger partial charge in [-0.1, -0.05) is 39.0 Å². The molecule has 0 spiro atoms. The van der Waals surface area contributed by atoms with Crippen molar-refractivity contribution in [2.24, 2.45) is 10.4 Å². The molecule has 0 saturated carbocycles. The molecule has 0 saturated heterocycles. The Hall–Kier alpha value is -1.75. The highest BCUT2D eigenvalue weighted by Gasteiger charge is 2.24. The van der Waals surface area contributed by atoms with Crippen LogP contribution < -0.4 is 15.4 Å². The number of para-hydroxylation sites is 1. The molecule has 1 atom stereocenters. The zero-order chi connectivity index (χ0) is 17.3. The van der Waals surface area contributed by atoms with Crippen molar-refractivity contribution in [2.45, 2.75) is 40.3 Å². The van der Waals surface area contributed by atoms with E-state index in [1.54, 1.807) is 14.2 Å². The summed E-state index contributed by atoms with van der Waals surface area (Å²) in [4.78, 5) is 4.27. The molecule has 0 fully saturated rings. The van der Waals surface area contributed by atoms with Gasteiger partial charge in [0, 0.05) is 32.8 Å². The van der Waals surface area contributed by atoms with E-state index in [2.05, 4.69) is 42.5 Å². The van der Waals surface area contributed by atoms with Crippen LogP contribution in [0.5, 0.6) is 5.75 Å². The van der Waals surface area contributed by atoms with Gasteiger partial charge in [-0.3, -0.25) is 4.99 Å². The van der Waals surface area contributed by atoms with E-state index in [-0.39, 0.29) is 11.5 Å². The van der Waals surface area contributed by atoms with Gasteiger partial charge in [-0.2, -0.15) is 0 Å². The number of benzene rings is 1. The van der Waals surface area contributed by atoms with Gasteiger partial charge < -0.3 is 20.1 Å². The van der Waals surface area contributed by atoms with Gasteiger partial charge in [-0.15, -0.1) is 0 Å². The summed E-state index contributed by atoms with van der Waals surface area (Å²) in [6, 6.07) is 8.03. The zero-order valence-corrected chi connectivity index (χ0v) is 15.3. The Morgan fingerprint density at radius 3 is 2.48 bits per heavy atom. The number of nitrogens with one attached hydrogen (secondary N) is 2. The highest BCUT2D eigenvalue weighted by atomic mass is 16.5. The Labute approximate surface area is 140 Å². The van der Waals surface area contributed by atoms with E-state index < -0.39 is 0 Å². The minimum absolute atomic E-state index is 0.0716. The fraction of sp³-hybridized carbons (Fsp3) is 0.611. The van der Waals surface area contributed by atoms with E-state index in [9.17, 15) is 0 Å². The number of guanidine groups is 1. The highest BCUT2D eigenvalue weighted by Crippen LogP contribution is 2.21. The molecule has 1 aromatic carbocycles. The van der Waals surface area contributed by atoms with Crippen LogP contribution in [-0.2, 0) is 11.3 Å². The van der Waals surface area contributed by atoms with E-state index >= 15 is 0 Å². The van der Waals surface area contributed by atoms with E-state index in [4.69, 9.17) is 9.47 Å². The second kappa shape index (κ2) is 9.40. The molecule has 0 amide bonds.